The molecule has 0 atom stereocenters. The highest BCUT2D eigenvalue weighted by Gasteiger charge is 2.17. The molecule has 0 amide bonds. The average Bonchev–Trinajstić information content (AvgIpc) is 3.58. The molecule has 4 heteroatoms. The van der Waals surface area contributed by atoms with Crippen LogP contribution in [0.1, 0.15) is 0 Å². The zero-order valence-electron chi connectivity index (χ0n) is 27.5. The Hall–Kier alpha value is -6.91. The van der Waals surface area contributed by atoms with Gasteiger partial charge in [0.05, 0.1) is 0 Å². The summed E-state index contributed by atoms with van der Waals surface area (Å²) in [6, 6.07) is 61.1. The predicted octanol–water partition coefficient (Wildman–Crippen LogP) is 12.4. The van der Waals surface area contributed by atoms with Crippen molar-refractivity contribution in [2.75, 3.05) is 0 Å². The zero-order valence-corrected chi connectivity index (χ0v) is 27.5. The molecule has 0 unspecified atom stereocenters. The standard InChI is InChI=1S/C47H29N3O/c1-2-12-32(13-3-1)45-48-46(33-25-23-31(24-26-33)36-17-8-14-30-11-4-5-15-35(30)36)50-47(49-45)41-21-10-19-38-37(18-9-20-39(38)41)34-27-28-44-42(29-34)40-16-6-7-22-43(40)51-44/h1-29H. The minimum absolute atomic E-state index is 0.633. The van der Waals surface area contributed by atoms with Crippen LogP contribution in [0.5, 0.6) is 0 Å². The van der Waals surface area contributed by atoms with E-state index in [9.17, 15) is 0 Å². The van der Waals surface area contributed by atoms with Gasteiger partial charge in [0.15, 0.2) is 17.5 Å². The van der Waals surface area contributed by atoms with Crippen LogP contribution < -0.4 is 0 Å². The van der Waals surface area contributed by atoms with E-state index in [1.165, 1.54) is 16.3 Å². The Kier molecular flexibility index (Phi) is 6.78. The van der Waals surface area contributed by atoms with Crippen LogP contribution in [0, 0.1) is 0 Å². The second-order valence-electron chi connectivity index (χ2n) is 12.8. The molecular formula is C47H29N3O. The smallest absolute Gasteiger partial charge is 0.164 e. The van der Waals surface area contributed by atoms with E-state index in [-0.39, 0.29) is 0 Å². The van der Waals surface area contributed by atoms with Gasteiger partial charge in [-0.05, 0) is 62.0 Å². The van der Waals surface area contributed by atoms with E-state index < -0.39 is 0 Å². The third-order valence-electron chi connectivity index (χ3n) is 9.76. The van der Waals surface area contributed by atoms with Crippen molar-refractivity contribution < 1.29 is 4.42 Å². The number of nitrogens with zero attached hydrogens (tertiary/aromatic N) is 3. The first-order valence-electron chi connectivity index (χ1n) is 17.1. The molecule has 0 aliphatic rings. The summed E-state index contributed by atoms with van der Waals surface area (Å²) in [6.45, 7) is 0. The summed E-state index contributed by atoms with van der Waals surface area (Å²) >= 11 is 0. The van der Waals surface area contributed by atoms with Gasteiger partial charge < -0.3 is 4.42 Å². The van der Waals surface area contributed by atoms with Crippen LogP contribution in [0.2, 0.25) is 0 Å². The molecular weight excluding hydrogens is 623 g/mol. The molecule has 8 aromatic carbocycles. The summed E-state index contributed by atoms with van der Waals surface area (Å²) in [5, 5.41) is 6.89. The molecule has 0 fully saturated rings. The Morgan fingerprint density at radius 2 is 0.804 bits per heavy atom. The van der Waals surface area contributed by atoms with Gasteiger partial charge in [-0.25, -0.2) is 15.0 Å². The summed E-state index contributed by atoms with van der Waals surface area (Å²) in [6.07, 6.45) is 0. The Balaban J connectivity index is 1.11. The number of aromatic nitrogens is 3. The molecule has 0 aliphatic carbocycles. The highest BCUT2D eigenvalue weighted by molar-refractivity contribution is 6.09. The molecule has 10 rings (SSSR count). The maximum atomic E-state index is 6.13. The Morgan fingerprint density at radius 1 is 0.294 bits per heavy atom. The van der Waals surface area contributed by atoms with E-state index in [4.69, 9.17) is 19.4 Å². The van der Waals surface area contributed by atoms with Gasteiger partial charge in [0.25, 0.3) is 0 Å². The molecule has 0 bridgehead atoms. The second-order valence-corrected chi connectivity index (χ2v) is 12.8. The summed E-state index contributed by atoms with van der Waals surface area (Å²) in [5.41, 5.74) is 9.23. The lowest BCUT2D eigenvalue weighted by atomic mass is 9.94. The minimum atomic E-state index is 0.633. The Bertz CT molecular complexity index is 2900. The Labute approximate surface area is 294 Å². The molecule has 0 saturated heterocycles. The van der Waals surface area contributed by atoms with Gasteiger partial charge in [-0.1, -0.05) is 158 Å². The third-order valence-corrected chi connectivity index (χ3v) is 9.76. The van der Waals surface area contributed by atoms with Gasteiger partial charge in [-0.3, -0.25) is 0 Å². The number of benzene rings is 8. The van der Waals surface area contributed by atoms with E-state index in [1.807, 2.05) is 42.5 Å². The fraction of sp³-hybridized carbons (Fsp3) is 0. The number of para-hydroxylation sites is 1. The van der Waals surface area contributed by atoms with E-state index in [0.717, 1.165) is 66.1 Å². The molecule has 10 aromatic rings. The van der Waals surface area contributed by atoms with Gasteiger partial charge in [-0.15, -0.1) is 0 Å². The number of fused-ring (bicyclic) bond motifs is 5. The van der Waals surface area contributed by atoms with E-state index >= 15 is 0 Å². The van der Waals surface area contributed by atoms with Crippen molar-refractivity contribution >= 4 is 43.5 Å². The lowest BCUT2D eigenvalue weighted by Crippen LogP contribution is -2.00. The highest BCUT2D eigenvalue weighted by Crippen LogP contribution is 2.38. The largest absolute Gasteiger partial charge is 0.456 e. The average molecular weight is 652 g/mol. The first-order chi connectivity index (χ1) is 25.3. The van der Waals surface area contributed by atoms with Gasteiger partial charge in [-0.2, -0.15) is 0 Å². The van der Waals surface area contributed by atoms with Crippen LogP contribution in [0.3, 0.4) is 0 Å². The first kappa shape index (κ1) is 29.0. The molecule has 51 heavy (non-hydrogen) atoms. The van der Waals surface area contributed by atoms with E-state index in [0.29, 0.717) is 17.5 Å². The molecule has 2 aromatic heterocycles. The number of furan rings is 1. The first-order valence-corrected chi connectivity index (χ1v) is 17.1. The van der Waals surface area contributed by atoms with Gasteiger partial charge in [0.2, 0.25) is 0 Å². The lowest BCUT2D eigenvalue weighted by Gasteiger charge is -2.13. The van der Waals surface area contributed by atoms with Gasteiger partial charge in [0.1, 0.15) is 11.2 Å². The molecule has 2 heterocycles. The molecule has 0 radical (unpaired) electrons. The molecule has 0 aliphatic heterocycles. The lowest BCUT2D eigenvalue weighted by molar-refractivity contribution is 0.669. The normalized spacial score (nSPS) is 11.5. The van der Waals surface area contributed by atoms with Crippen molar-refractivity contribution in [3.05, 3.63) is 176 Å². The molecule has 0 N–H and O–H groups in total. The maximum absolute atomic E-state index is 6.13. The maximum Gasteiger partial charge on any atom is 0.164 e. The Morgan fingerprint density at radius 3 is 1.61 bits per heavy atom. The van der Waals surface area contributed by atoms with Crippen molar-refractivity contribution in [3.63, 3.8) is 0 Å². The number of hydrogen-bond donors (Lipinski definition) is 0. The van der Waals surface area contributed by atoms with E-state index in [2.05, 4.69) is 133 Å². The van der Waals surface area contributed by atoms with Crippen LogP contribution in [-0.4, -0.2) is 15.0 Å². The van der Waals surface area contributed by atoms with Gasteiger partial charge in [0, 0.05) is 27.5 Å². The molecule has 238 valence electrons. The summed E-state index contributed by atoms with van der Waals surface area (Å²) < 4.78 is 6.13. The molecule has 0 saturated carbocycles. The quantitative estimate of drug-likeness (QED) is 0.186. The fourth-order valence-electron chi connectivity index (χ4n) is 7.27. The van der Waals surface area contributed by atoms with Crippen LogP contribution in [0.25, 0.3) is 99.9 Å². The van der Waals surface area contributed by atoms with Crippen molar-refractivity contribution in [1.29, 1.82) is 0 Å². The monoisotopic (exact) mass is 651 g/mol. The highest BCUT2D eigenvalue weighted by atomic mass is 16.3. The summed E-state index contributed by atoms with van der Waals surface area (Å²) in [4.78, 5) is 15.2. The zero-order chi connectivity index (χ0) is 33.7. The molecule has 0 spiro atoms. The summed E-state index contributed by atoms with van der Waals surface area (Å²) in [7, 11) is 0. The van der Waals surface area contributed by atoms with Crippen LogP contribution in [0.15, 0.2) is 180 Å². The topological polar surface area (TPSA) is 51.8 Å². The van der Waals surface area contributed by atoms with Crippen molar-refractivity contribution in [1.82, 2.24) is 15.0 Å². The van der Waals surface area contributed by atoms with Crippen molar-refractivity contribution in [2.24, 2.45) is 0 Å². The molecule has 4 nitrogen and oxygen atoms in total. The summed E-state index contributed by atoms with van der Waals surface area (Å²) in [5.74, 6) is 1.91. The van der Waals surface area contributed by atoms with E-state index in [1.54, 1.807) is 0 Å². The minimum Gasteiger partial charge on any atom is -0.456 e. The third kappa shape index (κ3) is 5.04. The number of rotatable bonds is 5. The fourth-order valence-corrected chi connectivity index (χ4v) is 7.27. The van der Waals surface area contributed by atoms with Crippen LogP contribution >= 0.6 is 0 Å². The van der Waals surface area contributed by atoms with Crippen LogP contribution in [0.4, 0.5) is 0 Å². The predicted molar refractivity (Wildman–Crippen MR) is 209 cm³/mol. The van der Waals surface area contributed by atoms with Crippen molar-refractivity contribution in [2.45, 2.75) is 0 Å². The van der Waals surface area contributed by atoms with Crippen molar-refractivity contribution in [3.8, 4) is 56.4 Å². The van der Waals surface area contributed by atoms with Crippen LogP contribution in [-0.2, 0) is 0 Å². The van der Waals surface area contributed by atoms with Gasteiger partial charge >= 0.3 is 0 Å². The number of hydrogen-bond acceptors (Lipinski definition) is 4. The SMILES string of the molecule is c1ccc(-c2nc(-c3ccc(-c4cccc5ccccc45)cc3)nc(-c3cccc4c(-c5ccc6oc7ccccc7c6c5)cccc34)n2)cc1. The second kappa shape index (κ2) is 11.9.